The van der Waals surface area contributed by atoms with E-state index in [2.05, 4.69) is 25.3 Å². The van der Waals surface area contributed by atoms with Gasteiger partial charge in [0.2, 0.25) is 0 Å². The summed E-state index contributed by atoms with van der Waals surface area (Å²) >= 11 is 2.87. The van der Waals surface area contributed by atoms with Gasteiger partial charge in [0.05, 0.1) is 26.8 Å². The Kier molecular flexibility index (Phi) is 3.83. The first-order valence-electron chi connectivity index (χ1n) is 9.08. The number of nitrogens with one attached hydrogen (secondary N) is 1. The number of fused-ring (bicyclic) bond motifs is 4. The molecule has 0 aliphatic rings. The predicted octanol–water partition coefficient (Wildman–Crippen LogP) is 4.74. The van der Waals surface area contributed by atoms with Crippen LogP contribution in [-0.4, -0.2) is 24.5 Å². The second-order valence-electron chi connectivity index (χ2n) is 6.60. The zero-order chi connectivity index (χ0) is 20.1. The molecule has 4 aromatic heterocycles. The Balaban J connectivity index is 1.55. The van der Waals surface area contributed by atoms with E-state index < -0.39 is 0 Å². The van der Waals surface area contributed by atoms with Crippen molar-refractivity contribution in [2.45, 2.75) is 0 Å². The third kappa shape index (κ3) is 2.67. The van der Waals surface area contributed by atoms with Crippen molar-refractivity contribution in [2.75, 3.05) is 5.32 Å². The van der Waals surface area contributed by atoms with Crippen molar-refractivity contribution in [3.8, 4) is 5.69 Å². The van der Waals surface area contributed by atoms with Crippen LogP contribution in [0.4, 0.5) is 11.5 Å². The first-order valence-corrected chi connectivity index (χ1v) is 10.8. The maximum Gasteiger partial charge on any atom is 0.275 e. The fourth-order valence-electron chi connectivity index (χ4n) is 3.39. The highest BCUT2D eigenvalue weighted by Crippen LogP contribution is 2.34. The Bertz CT molecular complexity index is 1600. The molecule has 0 radical (unpaired) electrons. The Hall–Kier alpha value is -3.69. The molecule has 6 rings (SSSR count). The molecule has 7 nitrogen and oxygen atoms in total. The topological polar surface area (TPSA) is 85.6 Å². The van der Waals surface area contributed by atoms with E-state index in [1.54, 1.807) is 27.7 Å². The average molecular weight is 429 g/mol. The van der Waals surface area contributed by atoms with Crippen LogP contribution in [0.3, 0.4) is 0 Å². The number of thiazole rings is 1. The third-order valence-electron chi connectivity index (χ3n) is 4.81. The maximum atomic E-state index is 13.3. The summed E-state index contributed by atoms with van der Waals surface area (Å²) in [6.45, 7) is 0. The Morgan fingerprint density at radius 3 is 2.77 bits per heavy atom. The van der Waals surface area contributed by atoms with Gasteiger partial charge in [-0.25, -0.2) is 19.9 Å². The lowest BCUT2D eigenvalue weighted by Gasteiger charge is -2.07. The lowest BCUT2D eigenvalue weighted by atomic mass is 10.2. The van der Waals surface area contributed by atoms with Crippen molar-refractivity contribution >= 4 is 64.8 Å². The summed E-state index contributed by atoms with van der Waals surface area (Å²) in [5, 5.41) is 4.06. The number of benzene rings is 2. The SMILES string of the molecule is O=c1c2sc3ncnc(Nc4ccccc4)c3c2ncn1-c1ccc2ncsc2c1. The number of hydrogen-bond acceptors (Lipinski definition) is 8. The molecule has 6 aromatic rings. The van der Waals surface area contributed by atoms with Crippen LogP contribution in [0, 0.1) is 0 Å². The van der Waals surface area contributed by atoms with Crippen LogP contribution >= 0.6 is 22.7 Å². The van der Waals surface area contributed by atoms with Crippen molar-refractivity contribution in [3.05, 3.63) is 77.0 Å². The minimum absolute atomic E-state index is 0.127. The molecular formula is C21H12N6OS2. The first-order chi connectivity index (χ1) is 14.8. The van der Waals surface area contributed by atoms with Gasteiger partial charge in [-0.1, -0.05) is 18.2 Å². The summed E-state index contributed by atoms with van der Waals surface area (Å²) in [4.78, 5) is 31.7. The van der Waals surface area contributed by atoms with Crippen molar-refractivity contribution in [3.63, 3.8) is 0 Å². The van der Waals surface area contributed by atoms with E-state index in [0.29, 0.717) is 16.0 Å². The normalized spacial score (nSPS) is 11.5. The van der Waals surface area contributed by atoms with Crippen LogP contribution < -0.4 is 10.9 Å². The summed E-state index contributed by atoms with van der Waals surface area (Å²) in [7, 11) is 0. The highest BCUT2D eigenvalue weighted by molar-refractivity contribution is 7.25. The molecule has 0 bridgehead atoms. The molecule has 0 fully saturated rings. The summed E-state index contributed by atoms with van der Waals surface area (Å²) in [5.41, 5.74) is 4.86. The lowest BCUT2D eigenvalue weighted by Crippen LogP contribution is -2.17. The highest BCUT2D eigenvalue weighted by Gasteiger charge is 2.17. The molecule has 4 heterocycles. The lowest BCUT2D eigenvalue weighted by molar-refractivity contribution is 0.970. The van der Waals surface area contributed by atoms with Gasteiger partial charge in [-0.05, 0) is 30.3 Å². The van der Waals surface area contributed by atoms with Gasteiger partial charge >= 0.3 is 0 Å². The Morgan fingerprint density at radius 1 is 0.967 bits per heavy atom. The summed E-state index contributed by atoms with van der Waals surface area (Å²) in [6, 6.07) is 15.5. The fourth-order valence-corrected chi connectivity index (χ4v) is 5.13. The number of rotatable bonds is 3. The molecule has 0 aliphatic carbocycles. The first kappa shape index (κ1) is 17.2. The van der Waals surface area contributed by atoms with Crippen molar-refractivity contribution in [2.24, 2.45) is 0 Å². The highest BCUT2D eigenvalue weighted by atomic mass is 32.1. The molecule has 0 saturated carbocycles. The zero-order valence-electron chi connectivity index (χ0n) is 15.3. The molecule has 0 amide bonds. The van der Waals surface area contributed by atoms with Crippen molar-refractivity contribution in [1.82, 2.24) is 24.5 Å². The Labute approximate surface area is 177 Å². The summed E-state index contributed by atoms with van der Waals surface area (Å²) < 4.78 is 3.14. The van der Waals surface area contributed by atoms with Gasteiger partial charge in [0.1, 0.15) is 33.5 Å². The third-order valence-corrected chi connectivity index (χ3v) is 6.67. The number of hydrogen-bond donors (Lipinski definition) is 1. The predicted molar refractivity (Wildman–Crippen MR) is 121 cm³/mol. The largest absolute Gasteiger partial charge is 0.340 e. The van der Waals surface area contributed by atoms with Crippen LogP contribution in [0.2, 0.25) is 0 Å². The Morgan fingerprint density at radius 2 is 1.87 bits per heavy atom. The molecular weight excluding hydrogens is 416 g/mol. The van der Waals surface area contributed by atoms with Crippen LogP contribution in [0.5, 0.6) is 0 Å². The van der Waals surface area contributed by atoms with Crippen LogP contribution in [0.1, 0.15) is 0 Å². The molecule has 9 heteroatoms. The van der Waals surface area contributed by atoms with Gasteiger partial charge in [-0.15, -0.1) is 22.7 Å². The molecule has 30 heavy (non-hydrogen) atoms. The van der Waals surface area contributed by atoms with Crippen LogP contribution in [0.15, 0.2) is 71.5 Å². The zero-order valence-corrected chi connectivity index (χ0v) is 16.9. The summed E-state index contributed by atoms with van der Waals surface area (Å²) in [5.74, 6) is 0.633. The van der Waals surface area contributed by atoms with E-state index >= 15 is 0 Å². The molecule has 144 valence electrons. The second kappa shape index (κ2) is 6.68. The quantitative estimate of drug-likeness (QED) is 0.438. The van der Waals surface area contributed by atoms with Gasteiger partial charge in [0.15, 0.2) is 0 Å². The number of para-hydroxylation sites is 1. The number of thiophene rings is 1. The standard InChI is InChI=1S/C21H12N6OS2/c28-21-18-17(24-10-27(21)13-6-7-14-15(8-13)29-11-25-14)16-19(22-9-23-20(16)30-18)26-12-4-2-1-3-5-12/h1-11H,(H,22,23,26). The molecule has 0 aliphatic heterocycles. The number of nitrogens with zero attached hydrogens (tertiary/aromatic N) is 5. The van der Waals surface area contributed by atoms with Gasteiger partial charge < -0.3 is 5.32 Å². The molecule has 0 atom stereocenters. The minimum Gasteiger partial charge on any atom is -0.340 e. The smallest absolute Gasteiger partial charge is 0.275 e. The molecule has 0 saturated heterocycles. The summed E-state index contributed by atoms with van der Waals surface area (Å²) in [6.07, 6.45) is 3.07. The molecule has 0 spiro atoms. The minimum atomic E-state index is -0.127. The number of aromatic nitrogens is 5. The van der Waals surface area contributed by atoms with Gasteiger partial charge in [-0.2, -0.15) is 0 Å². The van der Waals surface area contributed by atoms with E-state index in [9.17, 15) is 4.79 Å². The van der Waals surface area contributed by atoms with E-state index in [1.807, 2.05) is 48.5 Å². The fraction of sp³-hybridized carbons (Fsp3) is 0. The molecule has 0 unspecified atom stereocenters. The van der Waals surface area contributed by atoms with Crippen molar-refractivity contribution < 1.29 is 0 Å². The second-order valence-corrected chi connectivity index (χ2v) is 8.48. The molecule has 2 aromatic carbocycles. The van der Waals surface area contributed by atoms with E-state index in [1.165, 1.54) is 17.7 Å². The van der Waals surface area contributed by atoms with Crippen molar-refractivity contribution in [1.29, 1.82) is 0 Å². The van der Waals surface area contributed by atoms with Gasteiger partial charge in [0, 0.05) is 5.69 Å². The van der Waals surface area contributed by atoms with Crippen LogP contribution in [-0.2, 0) is 0 Å². The molecule has 1 N–H and O–H groups in total. The van der Waals surface area contributed by atoms with E-state index in [0.717, 1.165) is 31.8 Å². The maximum absolute atomic E-state index is 13.3. The van der Waals surface area contributed by atoms with E-state index in [-0.39, 0.29) is 5.56 Å². The van der Waals surface area contributed by atoms with Crippen LogP contribution in [0.25, 0.3) is 36.3 Å². The average Bonchev–Trinajstić information content (AvgIpc) is 3.39. The van der Waals surface area contributed by atoms with E-state index in [4.69, 9.17) is 0 Å². The van der Waals surface area contributed by atoms with Gasteiger partial charge in [0.25, 0.3) is 5.56 Å². The number of anilines is 2. The van der Waals surface area contributed by atoms with Gasteiger partial charge in [-0.3, -0.25) is 9.36 Å². The monoisotopic (exact) mass is 428 g/mol.